The second kappa shape index (κ2) is 10.8. The van der Waals surface area contributed by atoms with Gasteiger partial charge >= 0.3 is 5.97 Å². The normalized spacial score (nSPS) is 14.7. The van der Waals surface area contributed by atoms with Crippen LogP contribution in [0, 0.1) is 6.92 Å². The Hall–Kier alpha value is -2.69. The lowest BCUT2D eigenvalue weighted by atomic mass is 10.2. The molecule has 0 radical (unpaired) electrons. The number of carbonyl (C=O) groups is 3. The molecule has 0 aromatic heterocycles. The van der Waals surface area contributed by atoms with Crippen molar-refractivity contribution in [1.82, 2.24) is 4.90 Å². The standard InChI is InChI=1S/C22H19BrN2O5S2/c1-13-10-15(4-7-17(13)23)24-19(26)12-30-16-5-2-14(3-6-16)11-18-21(29)25(22(31)32-18)9-8-20(27)28/h2-7,10-11H,8-9,12H2,1H3,(H,24,26)(H,27,28)/b18-11-. The van der Waals surface area contributed by atoms with Crippen LogP contribution in [0.25, 0.3) is 6.08 Å². The number of nitrogens with zero attached hydrogens (tertiary/aromatic N) is 1. The molecular formula is C22H19BrN2O5S2. The first-order chi connectivity index (χ1) is 15.2. The Morgan fingerprint density at radius 2 is 1.97 bits per heavy atom. The molecule has 7 nitrogen and oxygen atoms in total. The maximum absolute atomic E-state index is 12.5. The van der Waals surface area contributed by atoms with Crippen LogP contribution >= 0.6 is 39.9 Å². The fourth-order valence-electron chi connectivity index (χ4n) is 2.78. The second-order valence-corrected chi connectivity index (χ2v) is 9.38. The summed E-state index contributed by atoms with van der Waals surface area (Å²) >= 11 is 9.73. The Morgan fingerprint density at radius 1 is 1.25 bits per heavy atom. The van der Waals surface area contributed by atoms with Crippen molar-refractivity contribution in [3.63, 3.8) is 0 Å². The van der Waals surface area contributed by atoms with Crippen molar-refractivity contribution in [2.75, 3.05) is 18.5 Å². The Balaban J connectivity index is 1.55. The van der Waals surface area contributed by atoms with E-state index in [2.05, 4.69) is 21.2 Å². The third-order valence-corrected chi connectivity index (χ3v) is 6.68. The molecule has 1 aliphatic rings. The summed E-state index contributed by atoms with van der Waals surface area (Å²) in [6, 6.07) is 12.5. The Labute approximate surface area is 202 Å². The van der Waals surface area contributed by atoms with Gasteiger partial charge in [0.2, 0.25) is 0 Å². The van der Waals surface area contributed by atoms with E-state index in [1.807, 2.05) is 19.1 Å². The van der Waals surface area contributed by atoms with Gasteiger partial charge in [-0.25, -0.2) is 0 Å². The quantitative estimate of drug-likeness (QED) is 0.381. The number of hydrogen-bond donors (Lipinski definition) is 2. The highest BCUT2D eigenvalue weighted by Gasteiger charge is 2.32. The maximum atomic E-state index is 12.5. The lowest BCUT2D eigenvalue weighted by molar-refractivity contribution is -0.137. The number of carboxylic acid groups (broad SMARTS) is 1. The molecule has 2 aromatic carbocycles. The van der Waals surface area contributed by atoms with Gasteiger partial charge in [-0.3, -0.25) is 19.3 Å². The minimum absolute atomic E-state index is 0.0476. The van der Waals surface area contributed by atoms with Gasteiger partial charge in [0.15, 0.2) is 6.61 Å². The Morgan fingerprint density at radius 3 is 2.62 bits per heavy atom. The van der Waals surface area contributed by atoms with Crippen molar-refractivity contribution in [2.45, 2.75) is 13.3 Å². The molecule has 0 bridgehead atoms. The van der Waals surface area contributed by atoms with Crippen molar-refractivity contribution in [3.8, 4) is 5.75 Å². The zero-order valence-corrected chi connectivity index (χ0v) is 20.2. The van der Waals surface area contributed by atoms with Gasteiger partial charge in [-0.15, -0.1) is 0 Å². The highest BCUT2D eigenvalue weighted by Crippen LogP contribution is 2.32. The van der Waals surface area contributed by atoms with Crippen LogP contribution in [0.15, 0.2) is 51.8 Å². The molecular weight excluding hydrogens is 516 g/mol. The monoisotopic (exact) mass is 534 g/mol. The fourth-order valence-corrected chi connectivity index (χ4v) is 4.34. The van der Waals surface area contributed by atoms with E-state index < -0.39 is 5.97 Å². The number of thioether (sulfide) groups is 1. The van der Waals surface area contributed by atoms with Crippen molar-refractivity contribution >= 4 is 73.8 Å². The zero-order chi connectivity index (χ0) is 23.3. The van der Waals surface area contributed by atoms with E-state index in [0.717, 1.165) is 27.4 Å². The van der Waals surface area contributed by atoms with Gasteiger partial charge in [0.1, 0.15) is 10.1 Å². The number of aliphatic carboxylic acids is 1. The van der Waals surface area contributed by atoms with Gasteiger partial charge in [0, 0.05) is 16.7 Å². The second-order valence-electron chi connectivity index (χ2n) is 6.85. The van der Waals surface area contributed by atoms with E-state index in [4.69, 9.17) is 22.1 Å². The van der Waals surface area contributed by atoms with E-state index in [1.165, 1.54) is 4.90 Å². The van der Waals surface area contributed by atoms with Crippen molar-refractivity contribution in [2.24, 2.45) is 0 Å². The first kappa shape index (κ1) is 24.0. The number of anilines is 1. The molecule has 166 valence electrons. The third-order valence-electron chi connectivity index (χ3n) is 4.41. The fraction of sp³-hybridized carbons (Fsp3) is 0.182. The number of thiocarbonyl (C=S) groups is 1. The molecule has 1 aliphatic heterocycles. The first-order valence-electron chi connectivity index (χ1n) is 9.49. The summed E-state index contributed by atoms with van der Waals surface area (Å²) in [7, 11) is 0. The zero-order valence-electron chi connectivity index (χ0n) is 17.0. The molecule has 0 spiro atoms. The van der Waals surface area contributed by atoms with Gasteiger partial charge in [-0.05, 0) is 54.5 Å². The molecule has 3 rings (SSSR count). The number of ether oxygens (including phenoxy) is 1. The molecule has 1 fully saturated rings. The molecule has 10 heteroatoms. The molecule has 2 aromatic rings. The summed E-state index contributed by atoms with van der Waals surface area (Å²) in [5, 5.41) is 11.6. The number of aryl methyl sites for hydroxylation is 1. The summed E-state index contributed by atoms with van der Waals surface area (Å²) in [4.78, 5) is 37.0. The topological polar surface area (TPSA) is 95.9 Å². The minimum Gasteiger partial charge on any atom is -0.484 e. The number of halogens is 1. The maximum Gasteiger partial charge on any atom is 0.305 e. The van der Waals surface area contributed by atoms with Crippen LogP contribution in [0.4, 0.5) is 5.69 Å². The molecule has 0 atom stereocenters. The predicted octanol–water partition coefficient (Wildman–Crippen LogP) is 4.45. The highest BCUT2D eigenvalue weighted by atomic mass is 79.9. The van der Waals surface area contributed by atoms with Crippen LogP contribution in [-0.4, -0.2) is 45.3 Å². The molecule has 0 saturated carbocycles. The van der Waals surface area contributed by atoms with Crippen LogP contribution in [0.5, 0.6) is 5.75 Å². The van der Waals surface area contributed by atoms with Crippen LogP contribution in [0.3, 0.4) is 0 Å². The number of carbonyl (C=O) groups excluding carboxylic acids is 2. The molecule has 32 heavy (non-hydrogen) atoms. The molecule has 2 amide bonds. The number of rotatable bonds is 8. The van der Waals surface area contributed by atoms with E-state index in [1.54, 1.807) is 36.4 Å². The number of nitrogens with one attached hydrogen (secondary N) is 1. The van der Waals surface area contributed by atoms with Crippen LogP contribution in [-0.2, 0) is 14.4 Å². The van der Waals surface area contributed by atoms with Crippen molar-refractivity contribution < 1.29 is 24.2 Å². The first-order valence-corrected chi connectivity index (χ1v) is 11.5. The molecule has 1 heterocycles. The van der Waals surface area contributed by atoms with Crippen molar-refractivity contribution in [3.05, 3.63) is 63.0 Å². The van der Waals surface area contributed by atoms with E-state index in [0.29, 0.717) is 20.7 Å². The summed E-state index contributed by atoms with van der Waals surface area (Å²) in [5.74, 6) is -1.06. The summed E-state index contributed by atoms with van der Waals surface area (Å²) in [6.45, 7) is 1.84. The predicted molar refractivity (Wildman–Crippen MR) is 132 cm³/mol. The van der Waals surface area contributed by atoms with E-state index in [-0.39, 0.29) is 31.4 Å². The largest absolute Gasteiger partial charge is 0.484 e. The van der Waals surface area contributed by atoms with E-state index in [9.17, 15) is 14.4 Å². The van der Waals surface area contributed by atoms with Crippen LogP contribution in [0.2, 0.25) is 0 Å². The number of carboxylic acids is 1. The number of benzene rings is 2. The van der Waals surface area contributed by atoms with Crippen LogP contribution in [0.1, 0.15) is 17.5 Å². The molecule has 0 aliphatic carbocycles. The van der Waals surface area contributed by atoms with Gasteiger partial charge in [-0.1, -0.05) is 52.0 Å². The number of hydrogen-bond acceptors (Lipinski definition) is 6. The summed E-state index contributed by atoms with van der Waals surface area (Å²) in [6.07, 6.45) is 1.52. The Bertz CT molecular complexity index is 1100. The summed E-state index contributed by atoms with van der Waals surface area (Å²) in [5.41, 5.74) is 2.46. The van der Waals surface area contributed by atoms with Crippen LogP contribution < -0.4 is 10.1 Å². The number of amides is 2. The minimum atomic E-state index is -0.987. The van der Waals surface area contributed by atoms with Crippen molar-refractivity contribution in [1.29, 1.82) is 0 Å². The summed E-state index contributed by atoms with van der Waals surface area (Å²) < 4.78 is 6.84. The SMILES string of the molecule is Cc1cc(NC(=O)COc2ccc(/C=C3\SC(=S)N(CCC(=O)O)C3=O)cc2)ccc1Br. The van der Waals surface area contributed by atoms with Gasteiger partial charge < -0.3 is 15.2 Å². The highest BCUT2D eigenvalue weighted by molar-refractivity contribution is 9.10. The lowest BCUT2D eigenvalue weighted by Gasteiger charge is -2.12. The lowest BCUT2D eigenvalue weighted by Crippen LogP contribution is -2.30. The van der Waals surface area contributed by atoms with Gasteiger partial charge in [-0.2, -0.15) is 0 Å². The van der Waals surface area contributed by atoms with Gasteiger partial charge in [0.05, 0.1) is 11.3 Å². The average Bonchev–Trinajstić information content (AvgIpc) is 3.01. The van der Waals surface area contributed by atoms with Gasteiger partial charge in [0.25, 0.3) is 11.8 Å². The van der Waals surface area contributed by atoms with E-state index >= 15 is 0 Å². The molecule has 2 N–H and O–H groups in total. The smallest absolute Gasteiger partial charge is 0.305 e. The average molecular weight is 535 g/mol. The third kappa shape index (κ3) is 6.41. The molecule has 0 unspecified atom stereocenters. The Kier molecular flexibility index (Phi) is 8.05. The molecule has 1 saturated heterocycles.